The molecule has 41 heavy (non-hydrogen) atoms. The molecule has 0 atom stereocenters. The van der Waals surface area contributed by atoms with Gasteiger partial charge in [-0.3, -0.25) is 29.5 Å². The van der Waals surface area contributed by atoms with Crippen molar-refractivity contribution in [3.8, 4) is 5.75 Å². The van der Waals surface area contributed by atoms with E-state index in [-0.39, 0.29) is 38.2 Å². The number of hydrazine groups is 1. The molecular formula is C27H24N4O7S3. The third-order valence-electron chi connectivity index (χ3n) is 6.30. The number of fused-ring (bicyclic) bond motifs is 1. The van der Waals surface area contributed by atoms with Gasteiger partial charge in [0.2, 0.25) is 0 Å². The Morgan fingerprint density at radius 3 is 2.32 bits per heavy atom. The van der Waals surface area contributed by atoms with Crippen LogP contribution in [0.2, 0.25) is 0 Å². The molecule has 0 saturated heterocycles. The van der Waals surface area contributed by atoms with Crippen molar-refractivity contribution >= 4 is 54.6 Å². The molecule has 1 aliphatic heterocycles. The number of carbonyl (C=O) groups excluding carboxylic acids is 2. The molecule has 0 unspecified atom stereocenters. The minimum Gasteiger partial charge on any atom is -0.496 e. The molecule has 212 valence electrons. The van der Waals surface area contributed by atoms with Gasteiger partial charge >= 0.3 is 0 Å². The summed E-state index contributed by atoms with van der Waals surface area (Å²) in [6.07, 6.45) is 0.576. The van der Waals surface area contributed by atoms with Crippen molar-refractivity contribution in [3.05, 3.63) is 101 Å². The van der Waals surface area contributed by atoms with E-state index < -0.39 is 31.9 Å². The number of ether oxygens (including phenoxy) is 1. The van der Waals surface area contributed by atoms with Crippen molar-refractivity contribution in [1.29, 1.82) is 0 Å². The Morgan fingerprint density at radius 1 is 0.878 bits per heavy atom. The molecule has 1 aliphatic rings. The molecule has 0 saturated carbocycles. The van der Waals surface area contributed by atoms with Crippen molar-refractivity contribution in [1.82, 2.24) is 10.9 Å². The lowest BCUT2D eigenvalue weighted by atomic mass is 10.2. The van der Waals surface area contributed by atoms with Gasteiger partial charge < -0.3 is 4.74 Å². The van der Waals surface area contributed by atoms with Crippen LogP contribution >= 0.6 is 11.3 Å². The number of rotatable bonds is 8. The lowest BCUT2D eigenvalue weighted by Gasteiger charge is -2.20. The minimum absolute atomic E-state index is 0.0975. The molecule has 0 spiro atoms. The molecule has 2 heterocycles. The maximum absolute atomic E-state index is 13.4. The van der Waals surface area contributed by atoms with Crippen LogP contribution in [0.15, 0.2) is 93.3 Å². The average molecular weight is 613 g/mol. The van der Waals surface area contributed by atoms with Gasteiger partial charge in [0.1, 0.15) is 9.96 Å². The quantitative estimate of drug-likeness (QED) is 0.258. The molecule has 3 N–H and O–H groups in total. The second kappa shape index (κ2) is 11.2. The summed E-state index contributed by atoms with van der Waals surface area (Å²) in [7, 11) is -6.38. The Morgan fingerprint density at radius 2 is 1.61 bits per heavy atom. The highest BCUT2D eigenvalue weighted by Gasteiger charge is 2.31. The van der Waals surface area contributed by atoms with E-state index in [9.17, 15) is 26.4 Å². The van der Waals surface area contributed by atoms with Crippen LogP contribution in [-0.2, 0) is 26.5 Å². The summed E-state index contributed by atoms with van der Waals surface area (Å²) in [6.45, 7) is 0.277. The lowest BCUT2D eigenvalue weighted by molar-refractivity contribution is 0.0845. The van der Waals surface area contributed by atoms with Gasteiger partial charge in [0.05, 0.1) is 23.3 Å². The normalized spacial score (nSPS) is 12.9. The summed E-state index contributed by atoms with van der Waals surface area (Å²) in [4.78, 5) is 25.5. The van der Waals surface area contributed by atoms with Crippen LogP contribution in [0.4, 0.5) is 11.4 Å². The van der Waals surface area contributed by atoms with Crippen molar-refractivity contribution in [2.45, 2.75) is 15.5 Å². The SMILES string of the molecule is COc1ccc(S(=O)(=O)N2CCc3ccccc32)cc1C(=O)NNC(=O)c1ccc(NS(=O)(=O)c2cccs2)cc1. The summed E-state index contributed by atoms with van der Waals surface area (Å²) in [5.41, 5.74) is 6.34. The van der Waals surface area contributed by atoms with E-state index in [2.05, 4.69) is 15.6 Å². The molecule has 2 amide bonds. The molecule has 3 aromatic carbocycles. The fourth-order valence-electron chi connectivity index (χ4n) is 4.27. The number of hydrogen-bond acceptors (Lipinski definition) is 8. The molecule has 5 rings (SSSR count). The van der Waals surface area contributed by atoms with E-state index >= 15 is 0 Å². The number of anilines is 2. The van der Waals surface area contributed by atoms with Crippen molar-refractivity contribution in [2.75, 3.05) is 22.7 Å². The molecular weight excluding hydrogens is 589 g/mol. The van der Waals surface area contributed by atoms with Gasteiger partial charge in [-0.2, -0.15) is 0 Å². The van der Waals surface area contributed by atoms with E-state index in [0.29, 0.717) is 12.1 Å². The van der Waals surface area contributed by atoms with Gasteiger partial charge in [-0.25, -0.2) is 16.8 Å². The van der Waals surface area contributed by atoms with E-state index in [4.69, 9.17) is 4.74 Å². The van der Waals surface area contributed by atoms with Gasteiger partial charge in [-0.1, -0.05) is 24.3 Å². The van der Waals surface area contributed by atoms with Crippen LogP contribution in [0.5, 0.6) is 5.75 Å². The number of amides is 2. The summed E-state index contributed by atoms with van der Waals surface area (Å²) >= 11 is 1.07. The third kappa shape index (κ3) is 5.75. The first-order chi connectivity index (χ1) is 19.6. The van der Waals surface area contributed by atoms with Crippen molar-refractivity contribution in [2.24, 2.45) is 0 Å². The Balaban J connectivity index is 1.28. The van der Waals surface area contributed by atoms with Gasteiger partial charge in [0.15, 0.2) is 0 Å². The molecule has 0 bridgehead atoms. The Bertz CT molecular complexity index is 1820. The molecule has 0 radical (unpaired) electrons. The average Bonchev–Trinajstić information content (AvgIpc) is 3.67. The molecule has 0 aliphatic carbocycles. The first kappa shape index (κ1) is 28.1. The zero-order valence-electron chi connectivity index (χ0n) is 21.5. The second-order valence-corrected chi connectivity index (χ2v) is 13.6. The lowest BCUT2D eigenvalue weighted by Crippen LogP contribution is -2.41. The highest BCUT2D eigenvalue weighted by atomic mass is 32.2. The number of nitrogens with zero attached hydrogens (tertiary/aromatic N) is 1. The van der Waals surface area contributed by atoms with Crippen LogP contribution in [0.25, 0.3) is 0 Å². The summed E-state index contributed by atoms with van der Waals surface area (Å²) < 4.78 is 60.8. The number of carbonyl (C=O) groups is 2. The van der Waals surface area contributed by atoms with Crippen molar-refractivity contribution < 1.29 is 31.2 Å². The van der Waals surface area contributed by atoms with Crippen LogP contribution in [0.3, 0.4) is 0 Å². The Kier molecular flexibility index (Phi) is 7.71. The molecule has 14 heteroatoms. The Hall–Kier alpha value is -4.40. The third-order valence-corrected chi connectivity index (χ3v) is 10.9. The number of hydrogen-bond donors (Lipinski definition) is 3. The fraction of sp³-hybridized carbons (Fsp3) is 0.111. The summed E-state index contributed by atoms with van der Waals surface area (Å²) in [5.74, 6) is -1.36. The van der Waals surface area contributed by atoms with E-state index in [1.807, 2.05) is 12.1 Å². The monoisotopic (exact) mass is 612 g/mol. The first-order valence-electron chi connectivity index (χ1n) is 12.2. The number of sulfonamides is 2. The molecule has 1 aromatic heterocycles. The van der Waals surface area contributed by atoms with E-state index in [0.717, 1.165) is 16.9 Å². The predicted octanol–water partition coefficient (Wildman–Crippen LogP) is 3.38. The van der Waals surface area contributed by atoms with Crippen LogP contribution in [-0.4, -0.2) is 42.3 Å². The maximum atomic E-state index is 13.4. The Labute approximate surface area is 240 Å². The predicted molar refractivity (Wildman–Crippen MR) is 154 cm³/mol. The first-order valence-corrected chi connectivity index (χ1v) is 16.0. The maximum Gasteiger partial charge on any atom is 0.273 e. The van der Waals surface area contributed by atoms with Gasteiger partial charge in [-0.05, 0) is 72.0 Å². The fourth-order valence-corrected chi connectivity index (χ4v) is 7.86. The number of thiophene rings is 1. The van der Waals surface area contributed by atoms with E-state index in [1.54, 1.807) is 23.6 Å². The standard InChI is InChI=1S/C27H24N4O7S3/c1-38-24-13-12-21(41(36,37)31-15-14-18-5-2-3-6-23(18)31)17-22(24)27(33)29-28-26(32)19-8-10-20(11-9-19)30-40(34,35)25-7-4-16-39-25/h2-13,16-17,30H,14-15H2,1H3,(H,28,32)(H,29,33). The topological polar surface area (TPSA) is 151 Å². The van der Waals surface area contributed by atoms with E-state index in [1.165, 1.54) is 59.9 Å². The largest absolute Gasteiger partial charge is 0.496 e. The minimum atomic E-state index is -3.98. The van der Waals surface area contributed by atoms with Crippen LogP contribution < -0.4 is 24.6 Å². The zero-order chi connectivity index (χ0) is 29.2. The number of methoxy groups -OCH3 is 1. The number of nitrogens with one attached hydrogen (secondary N) is 3. The zero-order valence-corrected chi connectivity index (χ0v) is 24.0. The van der Waals surface area contributed by atoms with Gasteiger partial charge in [-0.15, -0.1) is 11.3 Å². The van der Waals surface area contributed by atoms with Crippen molar-refractivity contribution in [3.63, 3.8) is 0 Å². The van der Waals surface area contributed by atoms with Gasteiger partial charge in [0.25, 0.3) is 31.9 Å². The highest BCUT2D eigenvalue weighted by molar-refractivity contribution is 7.94. The van der Waals surface area contributed by atoms with Crippen LogP contribution in [0.1, 0.15) is 26.3 Å². The number of benzene rings is 3. The number of para-hydroxylation sites is 1. The smallest absolute Gasteiger partial charge is 0.273 e. The highest BCUT2D eigenvalue weighted by Crippen LogP contribution is 2.34. The second-order valence-electron chi connectivity index (χ2n) is 8.84. The summed E-state index contributed by atoms with van der Waals surface area (Å²) in [6, 6.07) is 19.8. The molecule has 0 fully saturated rings. The molecule has 11 nitrogen and oxygen atoms in total. The molecule has 4 aromatic rings. The summed E-state index contributed by atoms with van der Waals surface area (Å²) in [5, 5.41) is 1.65. The van der Waals surface area contributed by atoms with Gasteiger partial charge in [0, 0.05) is 17.8 Å². The van der Waals surface area contributed by atoms with Crippen LogP contribution in [0, 0.1) is 0 Å².